The van der Waals surface area contributed by atoms with Gasteiger partial charge in [0, 0.05) is 22.7 Å². The third-order valence-electron chi connectivity index (χ3n) is 3.56. The molecule has 0 spiro atoms. The quantitative estimate of drug-likeness (QED) is 0.556. The van der Waals surface area contributed by atoms with E-state index < -0.39 is 10.0 Å². The number of rotatable bonds is 5. The van der Waals surface area contributed by atoms with Gasteiger partial charge in [-0.15, -0.1) is 11.3 Å². The van der Waals surface area contributed by atoms with Gasteiger partial charge in [0.05, 0.1) is 0 Å². The lowest BCUT2D eigenvalue weighted by Gasteiger charge is -2.03. The minimum absolute atomic E-state index is 0.169. The Bertz CT molecular complexity index is 1110. The molecule has 6 nitrogen and oxygen atoms in total. The van der Waals surface area contributed by atoms with Crippen LogP contribution in [0, 0.1) is 0 Å². The molecule has 1 N–H and O–H groups in total. The van der Waals surface area contributed by atoms with E-state index >= 15 is 0 Å². The fourth-order valence-electron chi connectivity index (χ4n) is 2.40. The van der Waals surface area contributed by atoms with Crippen LogP contribution in [-0.4, -0.2) is 18.4 Å². The topological polar surface area (TPSA) is 85.1 Å². The molecule has 0 saturated carbocycles. The Labute approximate surface area is 154 Å². The van der Waals surface area contributed by atoms with Crippen molar-refractivity contribution in [2.45, 2.75) is 5.03 Å². The smallest absolute Gasteiger partial charge is 0.285 e. The fourth-order valence-corrected chi connectivity index (χ4v) is 4.28. The maximum Gasteiger partial charge on any atom is 0.285 e. The molecular formula is C18H13N3O3S2. The number of thiazole rings is 1. The van der Waals surface area contributed by atoms with E-state index in [0.717, 1.165) is 0 Å². The summed E-state index contributed by atoms with van der Waals surface area (Å²) in [5.74, 6) is 0.428. The van der Waals surface area contributed by atoms with Gasteiger partial charge in [0.1, 0.15) is 0 Å². The van der Waals surface area contributed by atoms with Gasteiger partial charge in [-0.05, 0) is 12.1 Å². The zero-order valence-corrected chi connectivity index (χ0v) is 15.0. The molecule has 0 radical (unpaired) electrons. The average molecular weight is 383 g/mol. The van der Waals surface area contributed by atoms with Crippen LogP contribution in [-0.2, 0) is 10.0 Å². The van der Waals surface area contributed by atoms with Gasteiger partial charge >= 0.3 is 0 Å². The highest BCUT2D eigenvalue weighted by Gasteiger charge is 2.28. The molecule has 0 aliphatic heterocycles. The minimum Gasteiger partial charge on any atom is -0.435 e. The molecule has 2 aromatic heterocycles. The molecule has 8 heteroatoms. The van der Waals surface area contributed by atoms with Crippen molar-refractivity contribution in [3.8, 4) is 22.8 Å². The predicted octanol–water partition coefficient (Wildman–Crippen LogP) is 4.27. The van der Waals surface area contributed by atoms with Crippen molar-refractivity contribution in [1.29, 1.82) is 0 Å². The summed E-state index contributed by atoms with van der Waals surface area (Å²) in [5, 5.41) is 1.79. The average Bonchev–Trinajstić information content (AvgIpc) is 3.33. The molecule has 0 unspecified atom stereocenters. The summed E-state index contributed by atoms with van der Waals surface area (Å²) < 4.78 is 34.0. The van der Waals surface area contributed by atoms with E-state index in [9.17, 15) is 8.42 Å². The summed E-state index contributed by atoms with van der Waals surface area (Å²) in [6, 6.07) is 18.2. The van der Waals surface area contributed by atoms with Gasteiger partial charge in [-0.2, -0.15) is 13.4 Å². The molecule has 0 amide bonds. The molecular weight excluding hydrogens is 370 g/mol. The van der Waals surface area contributed by atoms with Crippen LogP contribution in [0.25, 0.3) is 22.8 Å². The monoisotopic (exact) mass is 383 g/mol. The normalized spacial score (nSPS) is 11.4. The summed E-state index contributed by atoms with van der Waals surface area (Å²) in [6.07, 6.45) is 1.53. The van der Waals surface area contributed by atoms with Gasteiger partial charge in [0.2, 0.25) is 10.9 Å². The fraction of sp³-hybridized carbons (Fsp3) is 0. The van der Waals surface area contributed by atoms with Crippen LogP contribution < -0.4 is 4.72 Å². The number of oxazole rings is 1. The van der Waals surface area contributed by atoms with Gasteiger partial charge in [0.25, 0.3) is 10.0 Å². The highest BCUT2D eigenvalue weighted by atomic mass is 32.2. The van der Waals surface area contributed by atoms with E-state index in [4.69, 9.17) is 4.42 Å². The zero-order valence-electron chi connectivity index (χ0n) is 13.4. The van der Waals surface area contributed by atoms with Gasteiger partial charge in [-0.3, -0.25) is 4.72 Å². The first kappa shape index (κ1) is 16.5. The van der Waals surface area contributed by atoms with E-state index in [1.54, 1.807) is 17.5 Å². The third kappa shape index (κ3) is 3.24. The van der Waals surface area contributed by atoms with Crippen molar-refractivity contribution >= 4 is 26.5 Å². The van der Waals surface area contributed by atoms with Crippen LogP contribution in [0.5, 0.6) is 0 Å². The lowest BCUT2D eigenvalue weighted by molar-refractivity contribution is 0.581. The second kappa shape index (κ2) is 6.74. The molecule has 0 aliphatic rings. The van der Waals surface area contributed by atoms with Gasteiger partial charge in [0.15, 0.2) is 10.9 Å². The summed E-state index contributed by atoms with van der Waals surface area (Å²) >= 11 is 1.19. The van der Waals surface area contributed by atoms with Crippen LogP contribution >= 0.6 is 11.3 Å². The van der Waals surface area contributed by atoms with Crippen molar-refractivity contribution in [1.82, 2.24) is 9.97 Å². The molecule has 0 fully saturated rings. The predicted molar refractivity (Wildman–Crippen MR) is 100 cm³/mol. The SMILES string of the molecule is O=S(=O)(Nc1nccs1)c1nc(-c2ccccc2)oc1-c1ccccc1. The van der Waals surface area contributed by atoms with Crippen molar-refractivity contribution < 1.29 is 12.8 Å². The minimum atomic E-state index is -3.96. The number of aromatic nitrogens is 2. The molecule has 2 heterocycles. The van der Waals surface area contributed by atoms with Crippen molar-refractivity contribution in [2.24, 2.45) is 0 Å². The standard InChI is InChI=1S/C18H13N3O3S2/c22-26(23,21-18-19-11-12-25-18)17-15(13-7-3-1-4-8-13)24-16(20-17)14-9-5-2-6-10-14/h1-12H,(H,19,21). The molecule has 4 rings (SSSR count). The van der Waals surface area contributed by atoms with E-state index in [1.807, 2.05) is 48.5 Å². The molecule has 130 valence electrons. The summed E-state index contributed by atoms with van der Waals surface area (Å²) in [6.45, 7) is 0. The number of sulfonamides is 1. The number of nitrogens with zero attached hydrogens (tertiary/aromatic N) is 2. The molecule has 26 heavy (non-hydrogen) atoms. The van der Waals surface area contributed by atoms with Gasteiger partial charge in [-0.25, -0.2) is 4.98 Å². The van der Waals surface area contributed by atoms with Crippen molar-refractivity contribution in [2.75, 3.05) is 4.72 Å². The van der Waals surface area contributed by atoms with E-state index in [0.29, 0.717) is 11.1 Å². The molecule has 0 saturated heterocycles. The first-order valence-electron chi connectivity index (χ1n) is 7.67. The number of hydrogen-bond donors (Lipinski definition) is 1. The maximum atomic E-state index is 12.9. The summed E-state index contributed by atoms with van der Waals surface area (Å²) in [5.41, 5.74) is 1.32. The summed E-state index contributed by atoms with van der Waals surface area (Å²) in [4.78, 5) is 8.23. The molecule has 2 aromatic carbocycles. The van der Waals surface area contributed by atoms with Crippen LogP contribution in [0.3, 0.4) is 0 Å². The van der Waals surface area contributed by atoms with Crippen LogP contribution in [0.4, 0.5) is 5.13 Å². The number of benzene rings is 2. The molecule has 0 atom stereocenters. The number of anilines is 1. The lowest BCUT2D eigenvalue weighted by atomic mass is 10.2. The second-order valence-electron chi connectivity index (χ2n) is 5.33. The first-order chi connectivity index (χ1) is 12.6. The highest BCUT2D eigenvalue weighted by Crippen LogP contribution is 2.33. The van der Waals surface area contributed by atoms with Crippen molar-refractivity contribution in [3.63, 3.8) is 0 Å². The van der Waals surface area contributed by atoms with E-state index in [-0.39, 0.29) is 21.8 Å². The molecule has 0 aliphatic carbocycles. The van der Waals surface area contributed by atoms with E-state index in [2.05, 4.69) is 14.7 Å². The Morgan fingerprint density at radius 1 is 0.923 bits per heavy atom. The molecule has 4 aromatic rings. The Hall–Kier alpha value is -2.97. The Morgan fingerprint density at radius 2 is 1.58 bits per heavy atom. The third-order valence-corrected chi connectivity index (χ3v) is 5.63. The number of nitrogens with one attached hydrogen (secondary N) is 1. The van der Waals surface area contributed by atoms with E-state index in [1.165, 1.54) is 17.5 Å². The van der Waals surface area contributed by atoms with Gasteiger partial charge < -0.3 is 4.42 Å². The number of hydrogen-bond acceptors (Lipinski definition) is 6. The Morgan fingerprint density at radius 3 is 2.19 bits per heavy atom. The Kier molecular flexibility index (Phi) is 4.27. The largest absolute Gasteiger partial charge is 0.435 e. The van der Waals surface area contributed by atoms with Crippen molar-refractivity contribution in [3.05, 3.63) is 72.2 Å². The summed E-state index contributed by atoms with van der Waals surface area (Å²) in [7, 11) is -3.96. The van der Waals surface area contributed by atoms with Crippen LogP contribution in [0.15, 0.2) is 81.7 Å². The lowest BCUT2D eigenvalue weighted by Crippen LogP contribution is -2.14. The van der Waals surface area contributed by atoms with Gasteiger partial charge in [-0.1, -0.05) is 48.5 Å². The van der Waals surface area contributed by atoms with Crippen LogP contribution in [0.1, 0.15) is 0 Å². The second-order valence-corrected chi connectivity index (χ2v) is 7.82. The highest BCUT2D eigenvalue weighted by molar-refractivity contribution is 7.93. The first-order valence-corrected chi connectivity index (χ1v) is 10.0. The van der Waals surface area contributed by atoms with Crippen LogP contribution in [0.2, 0.25) is 0 Å². The molecule has 0 bridgehead atoms. The Balaban J connectivity index is 1.86. The maximum absolute atomic E-state index is 12.9. The zero-order chi connectivity index (χ0) is 18.0.